The van der Waals surface area contributed by atoms with Crippen molar-refractivity contribution in [3.63, 3.8) is 0 Å². The topological polar surface area (TPSA) is 86.5 Å². The van der Waals surface area contributed by atoms with E-state index in [1.807, 2.05) is 0 Å². The highest BCUT2D eigenvalue weighted by molar-refractivity contribution is 7.90. The Kier molecular flexibility index (Phi) is 6.31. The van der Waals surface area contributed by atoms with E-state index in [1.165, 1.54) is 19.2 Å². The molecule has 0 amide bonds. The van der Waals surface area contributed by atoms with Crippen molar-refractivity contribution in [1.82, 2.24) is 0 Å². The number of rotatable bonds is 4. The van der Waals surface area contributed by atoms with Crippen LogP contribution in [0.1, 0.15) is 5.56 Å². The van der Waals surface area contributed by atoms with Crippen molar-refractivity contribution >= 4 is 28.2 Å². The minimum Gasteiger partial charge on any atom is -0.468 e. The van der Waals surface area contributed by atoms with E-state index in [0.717, 1.165) is 6.26 Å². The molecule has 0 spiro atoms. The number of esters is 1. The number of hydrogen-bond acceptors (Lipinski definition) is 5. The molecule has 0 aliphatic heterocycles. The van der Waals surface area contributed by atoms with Gasteiger partial charge in [0.15, 0.2) is 9.84 Å². The van der Waals surface area contributed by atoms with Crippen molar-refractivity contribution < 1.29 is 17.9 Å². The number of nitrogens with two attached hydrogens (primary N) is 1. The van der Waals surface area contributed by atoms with Crippen LogP contribution in [0.25, 0.3) is 0 Å². The molecule has 5 nitrogen and oxygen atoms in total. The van der Waals surface area contributed by atoms with Crippen molar-refractivity contribution in [3.8, 4) is 0 Å². The van der Waals surface area contributed by atoms with Gasteiger partial charge in [-0.05, 0) is 24.1 Å². The van der Waals surface area contributed by atoms with Crippen molar-refractivity contribution in [3.05, 3.63) is 29.8 Å². The number of benzene rings is 1. The first-order chi connectivity index (χ1) is 7.84. The van der Waals surface area contributed by atoms with Gasteiger partial charge < -0.3 is 10.5 Å². The summed E-state index contributed by atoms with van der Waals surface area (Å²) in [6.07, 6.45) is 1.38. The molecule has 1 aromatic rings. The maximum absolute atomic E-state index is 11.3. The molecule has 0 aliphatic rings. The van der Waals surface area contributed by atoms with E-state index in [9.17, 15) is 13.2 Å². The average molecular weight is 294 g/mol. The van der Waals surface area contributed by atoms with Crippen molar-refractivity contribution in [2.45, 2.75) is 17.4 Å². The van der Waals surface area contributed by atoms with Crippen LogP contribution >= 0.6 is 12.4 Å². The lowest BCUT2D eigenvalue weighted by molar-refractivity contribution is -0.142. The number of sulfone groups is 1. The quantitative estimate of drug-likeness (QED) is 0.820. The Morgan fingerprint density at radius 2 is 2.06 bits per heavy atom. The van der Waals surface area contributed by atoms with Crippen LogP contribution in [-0.2, 0) is 25.8 Å². The fourth-order valence-corrected chi connectivity index (χ4v) is 2.08. The summed E-state index contributed by atoms with van der Waals surface area (Å²) in [7, 11) is -1.98. The summed E-state index contributed by atoms with van der Waals surface area (Å²) < 4.78 is 27.2. The molecule has 0 fully saturated rings. The first kappa shape index (κ1) is 16.9. The minimum absolute atomic E-state index is 0. The van der Waals surface area contributed by atoms with E-state index in [1.54, 1.807) is 12.1 Å². The second-order valence-corrected chi connectivity index (χ2v) is 5.77. The Morgan fingerprint density at radius 3 is 2.56 bits per heavy atom. The lowest BCUT2D eigenvalue weighted by atomic mass is 10.1. The summed E-state index contributed by atoms with van der Waals surface area (Å²) in [5, 5.41) is 0. The number of hydrogen-bond donors (Lipinski definition) is 1. The normalized spacial score (nSPS) is 12.4. The predicted octanol–water partition coefficient (Wildman–Crippen LogP) is 0.555. The number of carbonyl (C=O) groups excluding carboxylic acids is 1. The molecule has 102 valence electrons. The SMILES string of the molecule is COC(=O)[C@H](N)Cc1cccc(S(C)(=O)=O)c1.Cl. The highest BCUT2D eigenvalue weighted by Gasteiger charge is 2.15. The largest absolute Gasteiger partial charge is 0.468 e. The van der Waals surface area contributed by atoms with Crippen LogP contribution in [0.3, 0.4) is 0 Å². The van der Waals surface area contributed by atoms with E-state index in [2.05, 4.69) is 4.74 Å². The molecule has 0 bridgehead atoms. The van der Waals surface area contributed by atoms with E-state index >= 15 is 0 Å². The Hall–Kier alpha value is -1.11. The van der Waals surface area contributed by atoms with E-state index < -0.39 is 21.8 Å². The van der Waals surface area contributed by atoms with Gasteiger partial charge in [0.2, 0.25) is 0 Å². The lowest BCUT2D eigenvalue weighted by Gasteiger charge is -2.09. The van der Waals surface area contributed by atoms with Crippen LogP contribution in [0.5, 0.6) is 0 Å². The molecule has 18 heavy (non-hydrogen) atoms. The van der Waals surface area contributed by atoms with E-state index in [0.29, 0.717) is 5.56 Å². The summed E-state index contributed by atoms with van der Waals surface area (Å²) in [5.74, 6) is -0.519. The standard InChI is InChI=1S/C11H15NO4S.ClH/c1-16-11(13)10(12)7-8-4-3-5-9(6-8)17(2,14)15;/h3-6,10H,7,12H2,1-2H3;1H/t10-;/m1./s1. The summed E-state index contributed by atoms with van der Waals surface area (Å²) in [6.45, 7) is 0. The van der Waals surface area contributed by atoms with Crippen LogP contribution in [-0.4, -0.2) is 33.8 Å². The molecule has 0 radical (unpaired) electrons. The molecular formula is C11H16ClNO4S. The van der Waals surface area contributed by atoms with Crippen molar-refractivity contribution in [2.75, 3.05) is 13.4 Å². The molecule has 2 N–H and O–H groups in total. The summed E-state index contributed by atoms with van der Waals surface area (Å²) >= 11 is 0. The third-order valence-corrected chi connectivity index (χ3v) is 3.40. The fourth-order valence-electron chi connectivity index (χ4n) is 1.39. The van der Waals surface area contributed by atoms with Crippen molar-refractivity contribution in [2.24, 2.45) is 5.73 Å². The smallest absolute Gasteiger partial charge is 0.322 e. The maximum Gasteiger partial charge on any atom is 0.322 e. The van der Waals surface area contributed by atoms with Crippen LogP contribution < -0.4 is 5.73 Å². The van der Waals surface area contributed by atoms with Gasteiger partial charge in [-0.3, -0.25) is 4.79 Å². The molecule has 0 unspecified atom stereocenters. The fraction of sp³-hybridized carbons (Fsp3) is 0.364. The van der Waals surface area contributed by atoms with Gasteiger partial charge in [0.1, 0.15) is 6.04 Å². The van der Waals surface area contributed by atoms with E-state index in [-0.39, 0.29) is 23.7 Å². The monoisotopic (exact) mass is 293 g/mol. The molecule has 0 aromatic heterocycles. The minimum atomic E-state index is -3.24. The molecule has 0 heterocycles. The number of carbonyl (C=O) groups is 1. The van der Waals surface area contributed by atoms with Gasteiger partial charge in [0.25, 0.3) is 0 Å². The van der Waals surface area contributed by atoms with Crippen LogP contribution in [0.4, 0.5) is 0 Å². The van der Waals surface area contributed by atoms with Gasteiger partial charge in [0.05, 0.1) is 12.0 Å². The van der Waals surface area contributed by atoms with Crippen LogP contribution in [0, 0.1) is 0 Å². The zero-order valence-corrected chi connectivity index (χ0v) is 11.8. The van der Waals surface area contributed by atoms with Gasteiger partial charge in [-0.15, -0.1) is 12.4 Å². The first-order valence-corrected chi connectivity index (χ1v) is 6.86. The Morgan fingerprint density at radius 1 is 1.44 bits per heavy atom. The zero-order valence-electron chi connectivity index (χ0n) is 10.1. The highest BCUT2D eigenvalue weighted by atomic mass is 35.5. The molecule has 1 rings (SSSR count). The molecular weight excluding hydrogens is 278 g/mol. The molecule has 7 heteroatoms. The summed E-state index contributed by atoms with van der Waals surface area (Å²) in [4.78, 5) is 11.3. The van der Waals surface area contributed by atoms with Crippen LogP contribution in [0.15, 0.2) is 29.2 Å². The Labute approximate surface area is 113 Å². The highest BCUT2D eigenvalue weighted by Crippen LogP contribution is 2.12. The third-order valence-electron chi connectivity index (χ3n) is 2.29. The molecule has 1 atom stereocenters. The number of methoxy groups -OCH3 is 1. The third kappa shape index (κ3) is 4.64. The summed E-state index contributed by atoms with van der Waals surface area (Å²) in [6, 6.07) is 5.57. The van der Waals surface area contributed by atoms with Crippen molar-refractivity contribution in [1.29, 1.82) is 0 Å². The zero-order chi connectivity index (χ0) is 13.1. The Bertz CT molecular complexity index is 516. The number of ether oxygens (including phenoxy) is 1. The average Bonchev–Trinajstić information content (AvgIpc) is 2.27. The second kappa shape index (κ2) is 6.72. The van der Waals surface area contributed by atoms with Gasteiger partial charge in [-0.1, -0.05) is 12.1 Å². The summed E-state index contributed by atoms with van der Waals surface area (Å²) in [5.41, 5.74) is 6.28. The van der Waals surface area contributed by atoms with E-state index in [4.69, 9.17) is 5.73 Å². The molecule has 1 aromatic carbocycles. The Balaban J connectivity index is 0.00000289. The molecule has 0 aliphatic carbocycles. The lowest BCUT2D eigenvalue weighted by Crippen LogP contribution is -2.33. The molecule has 0 saturated carbocycles. The second-order valence-electron chi connectivity index (χ2n) is 3.75. The number of halogens is 1. The van der Waals surface area contributed by atoms with Gasteiger partial charge in [-0.2, -0.15) is 0 Å². The predicted molar refractivity (Wildman–Crippen MR) is 70.5 cm³/mol. The van der Waals surface area contributed by atoms with Gasteiger partial charge in [-0.25, -0.2) is 8.42 Å². The van der Waals surface area contributed by atoms with Gasteiger partial charge >= 0.3 is 5.97 Å². The van der Waals surface area contributed by atoms with Crippen LogP contribution in [0.2, 0.25) is 0 Å². The first-order valence-electron chi connectivity index (χ1n) is 4.97. The van der Waals surface area contributed by atoms with Gasteiger partial charge in [0, 0.05) is 6.26 Å². The maximum atomic E-state index is 11.3. The molecule has 0 saturated heterocycles.